The van der Waals surface area contributed by atoms with Crippen LogP contribution in [0.1, 0.15) is 13.8 Å². The van der Waals surface area contributed by atoms with Crippen molar-refractivity contribution in [3.05, 3.63) is 26.4 Å². The number of carbonyl (C=O) groups excluding carboxylic acids is 1. The molecule has 0 spiro atoms. The van der Waals surface area contributed by atoms with Gasteiger partial charge < -0.3 is 4.90 Å². The van der Waals surface area contributed by atoms with Gasteiger partial charge in [0.25, 0.3) is 5.56 Å². The fraction of sp³-hybridized carbons (Fsp3) is 0.500. The molecule has 0 saturated heterocycles. The van der Waals surface area contributed by atoms with Crippen LogP contribution >= 0.6 is 22.6 Å². The van der Waals surface area contributed by atoms with Gasteiger partial charge in [0.1, 0.15) is 6.54 Å². The zero-order chi connectivity index (χ0) is 12.3. The van der Waals surface area contributed by atoms with Crippen molar-refractivity contribution < 1.29 is 4.79 Å². The van der Waals surface area contributed by atoms with E-state index in [9.17, 15) is 9.59 Å². The Labute approximate surface area is 108 Å². The Morgan fingerprint density at radius 1 is 1.62 bits per heavy atom. The predicted octanol–water partition coefficient (Wildman–Crippen LogP) is 0.715. The summed E-state index contributed by atoms with van der Waals surface area (Å²) in [5.74, 6) is -0.0964. The Morgan fingerprint density at radius 2 is 2.25 bits per heavy atom. The van der Waals surface area contributed by atoms with Gasteiger partial charge in [-0.2, -0.15) is 0 Å². The van der Waals surface area contributed by atoms with Gasteiger partial charge in [-0.15, -0.1) is 0 Å². The highest BCUT2D eigenvalue weighted by molar-refractivity contribution is 14.1. The highest BCUT2D eigenvalue weighted by Crippen LogP contribution is 1.97. The van der Waals surface area contributed by atoms with Gasteiger partial charge in [-0.25, -0.2) is 4.98 Å². The van der Waals surface area contributed by atoms with E-state index < -0.39 is 0 Å². The molecule has 0 radical (unpaired) electrons. The minimum atomic E-state index is -0.180. The van der Waals surface area contributed by atoms with Crippen molar-refractivity contribution in [3.63, 3.8) is 0 Å². The van der Waals surface area contributed by atoms with Crippen LogP contribution in [0.5, 0.6) is 0 Å². The quantitative estimate of drug-likeness (QED) is 0.765. The van der Waals surface area contributed by atoms with Gasteiger partial charge in [0, 0.05) is 19.3 Å². The van der Waals surface area contributed by atoms with Gasteiger partial charge in [-0.1, -0.05) is 0 Å². The molecule has 0 fully saturated rings. The van der Waals surface area contributed by atoms with Gasteiger partial charge in [0.2, 0.25) is 5.91 Å². The van der Waals surface area contributed by atoms with Crippen LogP contribution in [-0.4, -0.2) is 33.4 Å². The third kappa shape index (κ3) is 3.03. The first-order valence-corrected chi connectivity index (χ1v) is 5.97. The number of hydrogen-bond acceptors (Lipinski definition) is 3. The first-order chi connectivity index (χ1) is 7.43. The van der Waals surface area contributed by atoms with E-state index in [0.29, 0.717) is 3.57 Å². The molecule has 5 nitrogen and oxygen atoms in total. The molecule has 0 N–H and O–H groups in total. The molecule has 0 aromatic carbocycles. The minimum absolute atomic E-state index is 0.0390. The number of nitrogens with zero attached hydrogens (tertiary/aromatic N) is 3. The summed E-state index contributed by atoms with van der Waals surface area (Å²) in [6, 6.07) is 0.124. The third-order valence-electron chi connectivity index (χ3n) is 2.33. The summed E-state index contributed by atoms with van der Waals surface area (Å²) in [6.45, 7) is 3.89. The molecule has 0 aliphatic heterocycles. The smallest absolute Gasteiger partial charge is 0.267 e. The molecule has 0 aliphatic rings. The van der Waals surface area contributed by atoms with Crippen molar-refractivity contribution in [1.29, 1.82) is 0 Å². The second-order valence-electron chi connectivity index (χ2n) is 3.77. The largest absolute Gasteiger partial charge is 0.342 e. The van der Waals surface area contributed by atoms with Crippen molar-refractivity contribution in [2.45, 2.75) is 26.4 Å². The van der Waals surface area contributed by atoms with E-state index in [4.69, 9.17) is 0 Å². The molecule has 16 heavy (non-hydrogen) atoms. The standard InChI is InChI=1S/C10H14IN3O2/c1-7(2)13(3)9(15)5-14-6-12-4-8(11)10(14)16/h4,6-7H,5H2,1-3H3. The van der Waals surface area contributed by atoms with Gasteiger partial charge in [0.05, 0.1) is 9.90 Å². The number of aromatic nitrogens is 2. The summed E-state index contributed by atoms with van der Waals surface area (Å²) in [4.78, 5) is 28.9. The summed E-state index contributed by atoms with van der Waals surface area (Å²) in [5.41, 5.74) is -0.180. The van der Waals surface area contributed by atoms with Crippen molar-refractivity contribution in [2.24, 2.45) is 0 Å². The van der Waals surface area contributed by atoms with Crippen molar-refractivity contribution >= 4 is 28.5 Å². The van der Waals surface area contributed by atoms with Crippen molar-refractivity contribution in [2.75, 3.05) is 7.05 Å². The zero-order valence-electron chi connectivity index (χ0n) is 9.48. The lowest BCUT2D eigenvalue weighted by atomic mass is 10.3. The Kier molecular flexibility index (Phi) is 4.45. The Balaban J connectivity index is 2.86. The lowest BCUT2D eigenvalue weighted by Crippen LogP contribution is -2.38. The Bertz CT molecular complexity index is 442. The minimum Gasteiger partial charge on any atom is -0.342 e. The van der Waals surface area contributed by atoms with Crippen LogP contribution < -0.4 is 5.56 Å². The molecule has 88 valence electrons. The summed E-state index contributed by atoms with van der Waals surface area (Å²) in [6.07, 6.45) is 2.87. The van der Waals surface area contributed by atoms with Crippen LogP contribution in [0.25, 0.3) is 0 Å². The van der Waals surface area contributed by atoms with Crippen LogP contribution in [0.2, 0.25) is 0 Å². The third-order valence-corrected chi connectivity index (χ3v) is 3.07. The van der Waals surface area contributed by atoms with E-state index in [-0.39, 0.29) is 24.1 Å². The number of amides is 1. The first kappa shape index (κ1) is 13.1. The number of halogens is 1. The molecule has 1 rings (SSSR count). The lowest BCUT2D eigenvalue weighted by Gasteiger charge is -2.21. The fourth-order valence-electron chi connectivity index (χ4n) is 1.08. The molecule has 0 saturated carbocycles. The molecule has 0 atom stereocenters. The van der Waals surface area contributed by atoms with Crippen LogP contribution in [-0.2, 0) is 11.3 Å². The fourth-order valence-corrected chi connectivity index (χ4v) is 1.55. The Hall–Kier alpha value is -0.920. The molecule has 6 heteroatoms. The monoisotopic (exact) mass is 335 g/mol. The summed E-state index contributed by atoms with van der Waals surface area (Å²) in [5, 5.41) is 0. The van der Waals surface area contributed by atoms with E-state index in [0.717, 1.165) is 0 Å². The summed E-state index contributed by atoms with van der Waals surface area (Å²) >= 11 is 1.91. The summed E-state index contributed by atoms with van der Waals surface area (Å²) < 4.78 is 1.84. The van der Waals surface area contributed by atoms with Crippen molar-refractivity contribution in [1.82, 2.24) is 14.5 Å². The molecule has 0 aliphatic carbocycles. The van der Waals surface area contributed by atoms with Gasteiger partial charge in [0.15, 0.2) is 0 Å². The second-order valence-corrected chi connectivity index (χ2v) is 4.94. The molecule has 0 unspecified atom stereocenters. The first-order valence-electron chi connectivity index (χ1n) is 4.89. The lowest BCUT2D eigenvalue weighted by molar-refractivity contribution is -0.132. The van der Waals surface area contributed by atoms with E-state index >= 15 is 0 Å². The molecule has 1 aromatic heterocycles. The maximum absolute atomic E-state index is 11.8. The molecule has 1 amide bonds. The van der Waals surface area contributed by atoms with E-state index in [2.05, 4.69) is 4.98 Å². The Morgan fingerprint density at radius 3 is 2.81 bits per heavy atom. The number of likely N-dealkylation sites (N-methyl/N-ethyl adjacent to an activating group) is 1. The molecular weight excluding hydrogens is 321 g/mol. The number of carbonyl (C=O) groups is 1. The number of hydrogen-bond donors (Lipinski definition) is 0. The number of rotatable bonds is 3. The average molecular weight is 335 g/mol. The molecule has 0 bridgehead atoms. The van der Waals surface area contributed by atoms with E-state index in [1.807, 2.05) is 36.4 Å². The maximum Gasteiger partial charge on any atom is 0.267 e. The van der Waals surface area contributed by atoms with Crippen molar-refractivity contribution in [3.8, 4) is 0 Å². The topological polar surface area (TPSA) is 55.2 Å². The maximum atomic E-state index is 11.8. The highest BCUT2D eigenvalue weighted by atomic mass is 127. The van der Waals surface area contributed by atoms with Gasteiger partial charge in [-0.3, -0.25) is 14.2 Å². The normalized spacial score (nSPS) is 10.6. The van der Waals surface area contributed by atoms with Crippen LogP contribution in [0.4, 0.5) is 0 Å². The van der Waals surface area contributed by atoms with E-state index in [1.54, 1.807) is 11.9 Å². The predicted molar refractivity (Wildman–Crippen MR) is 69.1 cm³/mol. The highest BCUT2D eigenvalue weighted by Gasteiger charge is 2.13. The summed E-state index contributed by atoms with van der Waals surface area (Å²) in [7, 11) is 1.72. The zero-order valence-corrected chi connectivity index (χ0v) is 11.6. The van der Waals surface area contributed by atoms with Crippen LogP contribution in [0, 0.1) is 3.57 Å². The van der Waals surface area contributed by atoms with E-state index in [1.165, 1.54) is 17.1 Å². The van der Waals surface area contributed by atoms with Crippen LogP contribution in [0.15, 0.2) is 17.3 Å². The average Bonchev–Trinajstić information content (AvgIpc) is 2.23. The molecule has 1 aromatic rings. The second kappa shape index (κ2) is 5.42. The van der Waals surface area contributed by atoms with Crippen LogP contribution in [0.3, 0.4) is 0 Å². The van der Waals surface area contributed by atoms with Gasteiger partial charge in [-0.05, 0) is 36.4 Å². The SMILES string of the molecule is CC(C)N(C)C(=O)Cn1cncc(I)c1=O. The van der Waals surface area contributed by atoms with Gasteiger partial charge >= 0.3 is 0 Å². The molecule has 1 heterocycles. The molecular formula is C10H14IN3O2.